The van der Waals surface area contributed by atoms with Crippen LogP contribution in [0.25, 0.3) is 22.3 Å². The van der Waals surface area contributed by atoms with E-state index in [0.717, 1.165) is 53.9 Å². The first kappa shape index (κ1) is 24.6. The van der Waals surface area contributed by atoms with Crippen LogP contribution in [0.5, 0.6) is 5.75 Å². The zero-order chi connectivity index (χ0) is 23.1. The van der Waals surface area contributed by atoms with Gasteiger partial charge in [-0.05, 0) is 31.0 Å². The number of unbranched alkanes of at least 4 members (excludes halogenated alkanes) is 9. The van der Waals surface area contributed by atoms with E-state index in [1.165, 1.54) is 51.0 Å². The quantitative estimate of drug-likeness (QED) is 0.126. The largest absolute Gasteiger partial charge is 0.493 e. The smallest absolute Gasteiger partial charge is 0.330 e. The molecule has 0 N–H and O–H groups in total. The van der Waals surface area contributed by atoms with Crippen LogP contribution in [0.15, 0.2) is 71.7 Å². The average Bonchev–Trinajstić information content (AvgIpc) is 3.28. The van der Waals surface area contributed by atoms with Gasteiger partial charge >= 0.3 is 5.97 Å². The second kappa shape index (κ2) is 14.2. The van der Waals surface area contributed by atoms with E-state index >= 15 is 0 Å². The molecule has 4 nitrogen and oxygen atoms in total. The number of ether oxygens (including phenoxy) is 2. The molecule has 0 aliphatic carbocycles. The van der Waals surface area contributed by atoms with E-state index in [1.807, 2.05) is 30.3 Å². The predicted molar refractivity (Wildman–Crippen MR) is 134 cm³/mol. The molecule has 0 aliphatic heterocycles. The Labute approximate surface area is 197 Å². The Morgan fingerprint density at radius 2 is 1.42 bits per heavy atom. The van der Waals surface area contributed by atoms with E-state index in [2.05, 4.69) is 30.8 Å². The molecule has 0 saturated carbocycles. The molecule has 1 heterocycles. The van der Waals surface area contributed by atoms with Crippen molar-refractivity contribution in [3.8, 4) is 17.1 Å². The van der Waals surface area contributed by atoms with Crippen LogP contribution in [-0.4, -0.2) is 19.2 Å². The molecule has 0 spiro atoms. The topological polar surface area (TPSA) is 48.7 Å². The van der Waals surface area contributed by atoms with Crippen molar-refractivity contribution >= 4 is 16.9 Å². The predicted octanol–water partition coefficient (Wildman–Crippen LogP) is 8.11. The van der Waals surface area contributed by atoms with Gasteiger partial charge in [0.2, 0.25) is 0 Å². The summed E-state index contributed by atoms with van der Waals surface area (Å²) in [6.07, 6.45) is 13.2. The van der Waals surface area contributed by atoms with E-state index in [1.54, 1.807) is 0 Å². The van der Waals surface area contributed by atoms with Crippen molar-refractivity contribution in [3.63, 3.8) is 0 Å². The maximum Gasteiger partial charge on any atom is 0.330 e. The Hall–Kier alpha value is -3.01. The number of fused-ring (bicyclic) bond motifs is 1. The van der Waals surface area contributed by atoms with Crippen molar-refractivity contribution in [2.75, 3.05) is 13.2 Å². The minimum atomic E-state index is -0.323. The van der Waals surface area contributed by atoms with Crippen molar-refractivity contribution in [2.24, 2.45) is 0 Å². The summed E-state index contributed by atoms with van der Waals surface area (Å²) < 4.78 is 16.9. The molecule has 0 radical (unpaired) electrons. The van der Waals surface area contributed by atoms with E-state index in [4.69, 9.17) is 13.9 Å². The molecule has 0 unspecified atom stereocenters. The van der Waals surface area contributed by atoms with Crippen LogP contribution in [0.2, 0.25) is 0 Å². The van der Waals surface area contributed by atoms with Gasteiger partial charge in [0.15, 0.2) is 0 Å². The Morgan fingerprint density at radius 1 is 0.788 bits per heavy atom. The fraction of sp³-hybridized carbons (Fsp3) is 0.414. The average molecular weight is 449 g/mol. The summed E-state index contributed by atoms with van der Waals surface area (Å²) in [5.41, 5.74) is 1.95. The van der Waals surface area contributed by atoms with Gasteiger partial charge in [-0.25, -0.2) is 4.79 Å². The third-order valence-electron chi connectivity index (χ3n) is 5.77. The summed E-state index contributed by atoms with van der Waals surface area (Å²) in [7, 11) is 0. The molecule has 0 fully saturated rings. The van der Waals surface area contributed by atoms with Crippen LogP contribution < -0.4 is 4.74 Å². The van der Waals surface area contributed by atoms with Crippen LogP contribution in [0, 0.1) is 0 Å². The SMILES string of the molecule is C=CC(=O)OCCCCCCCCCCCCOc1ccc2cc(-c3ccccc3)oc2c1. The van der Waals surface area contributed by atoms with Crippen molar-refractivity contribution < 1.29 is 18.7 Å². The van der Waals surface area contributed by atoms with Crippen molar-refractivity contribution in [1.82, 2.24) is 0 Å². The molecule has 2 aromatic carbocycles. The zero-order valence-electron chi connectivity index (χ0n) is 19.6. The van der Waals surface area contributed by atoms with Crippen molar-refractivity contribution in [1.29, 1.82) is 0 Å². The molecule has 176 valence electrons. The maximum absolute atomic E-state index is 10.9. The lowest BCUT2D eigenvalue weighted by atomic mass is 10.1. The second-order valence-electron chi connectivity index (χ2n) is 8.43. The van der Waals surface area contributed by atoms with Crippen LogP contribution >= 0.6 is 0 Å². The molecule has 0 amide bonds. The van der Waals surface area contributed by atoms with Gasteiger partial charge < -0.3 is 13.9 Å². The second-order valence-corrected chi connectivity index (χ2v) is 8.43. The molecular formula is C29H36O4. The first-order valence-corrected chi connectivity index (χ1v) is 12.3. The Kier molecular flexibility index (Phi) is 10.6. The van der Waals surface area contributed by atoms with Crippen molar-refractivity contribution in [3.05, 3.63) is 67.3 Å². The van der Waals surface area contributed by atoms with E-state index in [0.29, 0.717) is 6.61 Å². The fourth-order valence-corrected chi connectivity index (χ4v) is 3.89. The normalized spacial score (nSPS) is 10.9. The summed E-state index contributed by atoms with van der Waals surface area (Å²) in [6.45, 7) is 4.64. The highest BCUT2D eigenvalue weighted by atomic mass is 16.5. The monoisotopic (exact) mass is 448 g/mol. The minimum Gasteiger partial charge on any atom is -0.493 e. The molecule has 4 heteroatoms. The molecular weight excluding hydrogens is 412 g/mol. The number of carbonyl (C=O) groups is 1. The molecule has 0 aliphatic rings. The number of rotatable bonds is 16. The lowest BCUT2D eigenvalue weighted by molar-refractivity contribution is -0.137. The summed E-state index contributed by atoms with van der Waals surface area (Å²) in [5.74, 6) is 1.43. The lowest BCUT2D eigenvalue weighted by Gasteiger charge is -2.06. The van der Waals surface area contributed by atoms with Gasteiger partial charge in [-0.3, -0.25) is 0 Å². The van der Waals surface area contributed by atoms with Crippen molar-refractivity contribution in [2.45, 2.75) is 64.2 Å². The highest BCUT2D eigenvalue weighted by Gasteiger charge is 2.07. The highest BCUT2D eigenvalue weighted by molar-refractivity contribution is 5.84. The van der Waals surface area contributed by atoms with Crippen LogP contribution in [0.1, 0.15) is 64.2 Å². The Bertz CT molecular complexity index is 974. The van der Waals surface area contributed by atoms with Crippen LogP contribution in [0.4, 0.5) is 0 Å². The number of hydrogen-bond donors (Lipinski definition) is 0. The first-order valence-electron chi connectivity index (χ1n) is 12.3. The summed E-state index contributed by atoms with van der Waals surface area (Å²) in [5, 5.41) is 1.09. The van der Waals surface area contributed by atoms with Gasteiger partial charge in [0.1, 0.15) is 17.1 Å². The van der Waals surface area contributed by atoms with Gasteiger partial charge in [0, 0.05) is 23.1 Å². The molecule has 3 aromatic rings. The molecule has 3 rings (SSSR count). The number of carbonyl (C=O) groups excluding carboxylic acids is 1. The van der Waals surface area contributed by atoms with Crippen LogP contribution in [-0.2, 0) is 9.53 Å². The van der Waals surface area contributed by atoms with Gasteiger partial charge in [-0.2, -0.15) is 0 Å². The molecule has 0 bridgehead atoms. The van der Waals surface area contributed by atoms with Crippen LogP contribution in [0.3, 0.4) is 0 Å². The summed E-state index contributed by atoms with van der Waals surface area (Å²) in [4.78, 5) is 10.9. The third-order valence-corrected chi connectivity index (χ3v) is 5.77. The van der Waals surface area contributed by atoms with E-state index in [9.17, 15) is 4.79 Å². The molecule has 0 saturated heterocycles. The Balaban J connectivity index is 1.20. The van der Waals surface area contributed by atoms with Gasteiger partial charge in [0.25, 0.3) is 0 Å². The maximum atomic E-state index is 10.9. The minimum absolute atomic E-state index is 0.323. The zero-order valence-corrected chi connectivity index (χ0v) is 19.6. The summed E-state index contributed by atoms with van der Waals surface area (Å²) >= 11 is 0. The first-order chi connectivity index (χ1) is 16.3. The highest BCUT2D eigenvalue weighted by Crippen LogP contribution is 2.30. The number of benzene rings is 2. The molecule has 33 heavy (non-hydrogen) atoms. The summed E-state index contributed by atoms with van der Waals surface area (Å²) in [6, 6.07) is 18.3. The van der Waals surface area contributed by atoms with E-state index < -0.39 is 0 Å². The van der Waals surface area contributed by atoms with Gasteiger partial charge in [-0.15, -0.1) is 0 Å². The standard InChI is InChI=1S/C29H36O4/c1-2-29(30)32-21-15-10-8-6-4-3-5-7-9-14-20-31-26-19-18-25-22-27(33-28(25)23-26)24-16-12-11-13-17-24/h2,11-13,16-19,22-23H,1,3-10,14-15,20-21H2. The fourth-order valence-electron chi connectivity index (χ4n) is 3.89. The lowest BCUT2D eigenvalue weighted by Crippen LogP contribution is -2.01. The number of furan rings is 1. The Morgan fingerprint density at radius 3 is 2.09 bits per heavy atom. The van der Waals surface area contributed by atoms with E-state index in [-0.39, 0.29) is 5.97 Å². The molecule has 0 atom stereocenters. The van der Waals surface area contributed by atoms with Gasteiger partial charge in [0.05, 0.1) is 13.2 Å². The van der Waals surface area contributed by atoms with Gasteiger partial charge in [-0.1, -0.05) is 88.3 Å². The third kappa shape index (κ3) is 8.80. The molecule has 1 aromatic heterocycles. The number of esters is 1. The number of hydrogen-bond acceptors (Lipinski definition) is 4.